The average molecular weight is 443 g/mol. The molecular weight excluding hydrogens is 416 g/mol. The third kappa shape index (κ3) is 3.62. The number of rotatable bonds is 4. The number of carbonyl (C=O) groups excluding carboxylic acids is 1. The van der Waals surface area contributed by atoms with Gasteiger partial charge in [-0.25, -0.2) is 4.98 Å². The highest BCUT2D eigenvalue weighted by atomic mass is 16.5. The molecule has 8 nitrogen and oxygen atoms in total. The summed E-state index contributed by atoms with van der Waals surface area (Å²) in [6.07, 6.45) is 1.75. The minimum atomic E-state index is -0.424. The number of benzene rings is 1. The number of pyridine rings is 2. The standard InChI is InChI=1S/C25H26N6O2/c1-14-6-5-7-17(15(14)2)22-20(33-4)12-19-23(28-22)21(30-29-19)16-8-9-18(27-13-16)24-25(32)31(3)11-10-26-24/h5-9,12-13,24,26H,10-11H2,1-4H3,(H,29,30). The topological polar surface area (TPSA) is 96.0 Å². The molecule has 1 aliphatic heterocycles. The molecule has 2 N–H and O–H groups in total. The molecule has 1 aromatic carbocycles. The van der Waals surface area contributed by atoms with Crippen LogP contribution in [-0.2, 0) is 4.79 Å². The van der Waals surface area contributed by atoms with Crippen LogP contribution in [0.15, 0.2) is 42.6 Å². The van der Waals surface area contributed by atoms with E-state index >= 15 is 0 Å². The Balaban J connectivity index is 1.57. The third-order valence-corrected chi connectivity index (χ3v) is 6.35. The number of hydrogen-bond donors (Lipinski definition) is 2. The van der Waals surface area contributed by atoms with Crippen molar-refractivity contribution < 1.29 is 9.53 Å². The lowest BCUT2D eigenvalue weighted by Crippen LogP contribution is -2.48. The van der Waals surface area contributed by atoms with Gasteiger partial charge in [-0.3, -0.25) is 20.2 Å². The zero-order valence-electron chi connectivity index (χ0n) is 19.1. The first kappa shape index (κ1) is 21.1. The molecule has 8 heteroatoms. The maximum atomic E-state index is 12.5. The quantitative estimate of drug-likeness (QED) is 0.503. The fourth-order valence-corrected chi connectivity index (χ4v) is 4.23. The van der Waals surface area contributed by atoms with Gasteiger partial charge in [0.05, 0.1) is 18.3 Å². The van der Waals surface area contributed by atoms with Gasteiger partial charge in [-0.2, -0.15) is 5.10 Å². The number of likely N-dealkylation sites (N-methyl/N-ethyl adjacent to an activating group) is 1. The van der Waals surface area contributed by atoms with Crippen LogP contribution in [0.2, 0.25) is 0 Å². The van der Waals surface area contributed by atoms with Crippen molar-refractivity contribution in [3.05, 3.63) is 59.4 Å². The van der Waals surface area contributed by atoms with Crippen LogP contribution in [-0.4, -0.2) is 58.2 Å². The maximum Gasteiger partial charge on any atom is 0.245 e. The zero-order valence-corrected chi connectivity index (χ0v) is 19.1. The van der Waals surface area contributed by atoms with Crippen LogP contribution in [0.25, 0.3) is 33.5 Å². The second kappa shape index (κ2) is 8.29. The van der Waals surface area contributed by atoms with E-state index in [2.05, 4.69) is 46.5 Å². The molecule has 0 aliphatic carbocycles. The van der Waals surface area contributed by atoms with Gasteiger partial charge in [0.15, 0.2) is 0 Å². The van der Waals surface area contributed by atoms with Gasteiger partial charge in [-0.05, 0) is 37.1 Å². The zero-order chi connectivity index (χ0) is 23.1. The predicted octanol–water partition coefficient (Wildman–Crippen LogP) is 3.42. The van der Waals surface area contributed by atoms with E-state index in [4.69, 9.17) is 9.72 Å². The molecule has 1 atom stereocenters. The molecule has 0 bridgehead atoms. The molecular formula is C25H26N6O2. The minimum absolute atomic E-state index is 0.0265. The van der Waals surface area contributed by atoms with E-state index in [-0.39, 0.29) is 5.91 Å². The summed E-state index contributed by atoms with van der Waals surface area (Å²) >= 11 is 0. The first-order valence-electron chi connectivity index (χ1n) is 10.9. The van der Waals surface area contributed by atoms with Crippen molar-refractivity contribution in [3.63, 3.8) is 0 Å². The Morgan fingerprint density at radius 2 is 2.00 bits per heavy atom. The lowest BCUT2D eigenvalue weighted by atomic mass is 9.99. The largest absolute Gasteiger partial charge is 0.494 e. The van der Waals surface area contributed by atoms with Crippen molar-refractivity contribution in [3.8, 4) is 28.3 Å². The lowest BCUT2D eigenvalue weighted by Gasteiger charge is -2.29. The van der Waals surface area contributed by atoms with Gasteiger partial charge >= 0.3 is 0 Å². The van der Waals surface area contributed by atoms with E-state index in [1.165, 1.54) is 5.56 Å². The Morgan fingerprint density at radius 1 is 1.15 bits per heavy atom. The second-order valence-electron chi connectivity index (χ2n) is 8.37. The van der Waals surface area contributed by atoms with Crippen molar-refractivity contribution >= 4 is 16.9 Å². The Morgan fingerprint density at radius 3 is 2.76 bits per heavy atom. The van der Waals surface area contributed by atoms with Gasteiger partial charge in [0.1, 0.15) is 28.7 Å². The van der Waals surface area contributed by atoms with Crippen LogP contribution in [0.5, 0.6) is 5.75 Å². The summed E-state index contributed by atoms with van der Waals surface area (Å²) in [5, 5.41) is 10.8. The number of ether oxygens (including phenoxy) is 1. The van der Waals surface area contributed by atoms with E-state index in [1.54, 1.807) is 18.2 Å². The fourth-order valence-electron chi connectivity index (χ4n) is 4.23. The van der Waals surface area contributed by atoms with Crippen molar-refractivity contribution in [1.29, 1.82) is 0 Å². The Bertz CT molecular complexity index is 1350. The molecule has 3 aromatic heterocycles. The van der Waals surface area contributed by atoms with Crippen LogP contribution >= 0.6 is 0 Å². The van der Waals surface area contributed by atoms with E-state index in [0.29, 0.717) is 23.7 Å². The molecule has 4 aromatic rings. The van der Waals surface area contributed by atoms with Gasteiger partial charge in [0.25, 0.3) is 0 Å². The van der Waals surface area contributed by atoms with Crippen LogP contribution in [0.4, 0.5) is 0 Å². The second-order valence-corrected chi connectivity index (χ2v) is 8.37. The number of aryl methyl sites for hydroxylation is 1. The normalized spacial score (nSPS) is 16.4. The summed E-state index contributed by atoms with van der Waals surface area (Å²) in [6, 6.07) is 11.5. The number of aromatic nitrogens is 4. The van der Waals surface area contributed by atoms with E-state index in [0.717, 1.165) is 40.0 Å². The van der Waals surface area contributed by atoms with Gasteiger partial charge in [-0.1, -0.05) is 18.2 Å². The highest BCUT2D eigenvalue weighted by molar-refractivity contribution is 5.93. The SMILES string of the molecule is COc1cc2[nH]nc(-c3ccc(C4NCCN(C)C4=O)nc3)c2nc1-c1cccc(C)c1C. The van der Waals surface area contributed by atoms with Gasteiger partial charge in [0, 0.05) is 43.5 Å². The molecule has 5 rings (SSSR count). The number of nitrogens with one attached hydrogen (secondary N) is 2. The van der Waals surface area contributed by atoms with Crippen molar-refractivity contribution in [2.75, 3.05) is 27.2 Å². The smallest absolute Gasteiger partial charge is 0.245 e. The molecule has 0 spiro atoms. The molecule has 0 radical (unpaired) electrons. The lowest BCUT2D eigenvalue weighted by molar-refractivity contribution is -0.134. The van der Waals surface area contributed by atoms with Crippen molar-refractivity contribution in [1.82, 2.24) is 30.4 Å². The number of nitrogens with zero attached hydrogens (tertiary/aromatic N) is 4. The summed E-state index contributed by atoms with van der Waals surface area (Å²) in [7, 11) is 3.46. The van der Waals surface area contributed by atoms with E-state index < -0.39 is 6.04 Å². The summed E-state index contributed by atoms with van der Waals surface area (Å²) in [5.41, 5.74) is 7.91. The third-order valence-electron chi connectivity index (χ3n) is 6.35. The number of amides is 1. The maximum absolute atomic E-state index is 12.5. The summed E-state index contributed by atoms with van der Waals surface area (Å²) in [5.74, 6) is 0.713. The van der Waals surface area contributed by atoms with Crippen molar-refractivity contribution in [2.45, 2.75) is 19.9 Å². The molecule has 1 amide bonds. The number of hydrogen-bond acceptors (Lipinski definition) is 6. The number of carbonyl (C=O) groups is 1. The summed E-state index contributed by atoms with van der Waals surface area (Å²) in [4.78, 5) is 23.8. The average Bonchev–Trinajstić information content (AvgIpc) is 3.25. The summed E-state index contributed by atoms with van der Waals surface area (Å²) < 4.78 is 5.65. The van der Waals surface area contributed by atoms with E-state index in [9.17, 15) is 4.79 Å². The van der Waals surface area contributed by atoms with Crippen LogP contribution in [0.3, 0.4) is 0 Å². The van der Waals surface area contributed by atoms with Gasteiger partial charge in [-0.15, -0.1) is 0 Å². The first-order chi connectivity index (χ1) is 16.0. The highest BCUT2D eigenvalue weighted by Crippen LogP contribution is 2.36. The predicted molar refractivity (Wildman–Crippen MR) is 127 cm³/mol. The first-order valence-corrected chi connectivity index (χ1v) is 10.9. The van der Waals surface area contributed by atoms with E-state index in [1.807, 2.05) is 31.3 Å². The van der Waals surface area contributed by atoms with Crippen LogP contribution in [0.1, 0.15) is 22.9 Å². The van der Waals surface area contributed by atoms with Gasteiger partial charge in [0.2, 0.25) is 5.91 Å². The Kier molecular flexibility index (Phi) is 5.30. The molecule has 1 aliphatic rings. The number of piperazine rings is 1. The molecule has 1 unspecified atom stereocenters. The number of H-pyrrole nitrogens is 1. The number of fused-ring (bicyclic) bond motifs is 1. The summed E-state index contributed by atoms with van der Waals surface area (Å²) in [6.45, 7) is 5.62. The molecule has 168 valence electrons. The Labute approximate surface area is 192 Å². The highest BCUT2D eigenvalue weighted by Gasteiger charge is 2.28. The molecule has 4 heterocycles. The van der Waals surface area contributed by atoms with Crippen molar-refractivity contribution in [2.24, 2.45) is 0 Å². The monoisotopic (exact) mass is 442 g/mol. The fraction of sp³-hybridized carbons (Fsp3) is 0.280. The Hall–Kier alpha value is -3.78. The minimum Gasteiger partial charge on any atom is -0.494 e. The molecule has 33 heavy (non-hydrogen) atoms. The number of aromatic amines is 1. The van der Waals surface area contributed by atoms with Crippen LogP contribution in [0, 0.1) is 13.8 Å². The molecule has 1 saturated heterocycles. The number of methoxy groups -OCH3 is 1. The molecule has 1 fully saturated rings. The molecule has 0 saturated carbocycles. The van der Waals surface area contributed by atoms with Crippen LogP contribution < -0.4 is 10.1 Å². The van der Waals surface area contributed by atoms with Gasteiger partial charge < -0.3 is 9.64 Å².